The van der Waals surface area contributed by atoms with Crippen LogP contribution in [0.2, 0.25) is 0 Å². The molecule has 0 aromatic heterocycles. The minimum Gasteiger partial charge on any atom is -0.322 e. The summed E-state index contributed by atoms with van der Waals surface area (Å²) < 4.78 is 0. The summed E-state index contributed by atoms with van der Waals surface area (Å²) in [4.78, 5) is 14.1. The number of carbonyl (C=O) groups excluding carboxylic acids is 1. The van der Waals surface area contributed by atoms with Crippen molar-refractivity contribution in [1.29, 1.82) is 0 Å². The summed E-state index contributed by atoms with van der Waals surface area (Å²) in [6.45, 7) is 3.54. The molecule has 1 unspecified atom stereocenters. The lowest BCUT2D eigenvalue weighted by atomic mass is 9.83. The number of nitrogens with one attached hydrogen (secondary N) is 1. The van der Waals surface area contributed by atoms with Gasteiger partial charge in [0.1, 0.15) is 6.17 Å². The standard InChI is InChI=1S/C17H24N2O/c1-2-13-6-8-15(9-7-13)17-18-12-16(20)19(17)11-10-14-4-3-5-14/h6-9,14,17-18H,2-5,10-12H2,1H3. The van der Waals surface area contributed by atoms with Gasteiger partial charge in [0.15, 0.2) is 0 Å². The van der Waals surface area contributed by atoms with Gasteiger partial charge in [-0.05, 0) is 29.9 Å². The number of amides is 1. The van der Waals surface area contributed by atoms with Crippen LogP contribution in [0.3, 0.4) is 0 Å². The monoisotopic (exact) mass is 272 g/mol. The summed E-state index contributed by atoms with van der Waals surface area (Å²) in [7, 11) is 0. The molecule has 2 fully saturated rings. The van der Waals surface area contributed by atoms with Crippen LogP contribution in [0.25, 0.3) is 0 Å². The third kappa shape index (κ3) is 2.73. The molecule has 3 nitrogen and oxygen atoms in total. The molecule has 1 aliphatic heterocycles. The predicted octanol–water partition coefficient (Wildman–Crippen LogP) is 2.87. The molecule has 1 aromatic carbocycles. The van der Waals surface area contributed by atoms with E-state index in [2.05, 4.69) is 36.5 Å². The maximum atomic E-state index is 12.1. The lowest BCUT2D eigenvalue weighted by Crippen LogP contribution is -2.33. The predicted molar refractivity (Wildman–Crippen MR) is 80.2 cm³/mol. The Morgan fingerprint density at radius 1 is 1.25 bits per heavy atom. The van der Waals surface area contributed by atoms with E-state index in [1.807, 2.05) is 4.90 Å². The molecule has 1 saturated carbocycles. The summed E-state index contributed by atoms with van der Waals surface area (Å²) in [5.74, 6) is 1.10. The van der Waals surface area contributed by atoms with E-state index < -0.39 is 0 Å². The summed E-state index contributed by atoms with van der Waals surface area (Å²) in [6.07, 6.45) is 6.38. The number of carbonyl (C=O) groups is 1. The number of hydrogen-bond acceptors (Lipinski definition) is 2. The number of nitrogens with zero attached hydrogens (tertiary/aromatic N) is 1. The van der Waals surface area contributed by atoms with Gasteiger partial charge in [-0.3, -0.25) is 10.1 Å². The van der Waals surface area contributed by atoms with E-state index in [1.54, 1.807) is 0 Å². The van der Waals surface area contributed by atoms with Gasteiger partial charge in [0, 0.05) is 6.54 Å². The maximum Gasteiger partial charge on any atom is 0.238 e. The van der Waals surface area contributed by atoms with Gasteiger partial charge in [0.2, 0.25) is 5.91 Å². The Morgan fingerprint density at radius 3 is 2.60 bits per heavy atom. The second-order valence-corrected chi connectivity index (χ2v) is 6.05. The highest BCUT2D eigenvalue weighted by atomic mass is 16.2. The third-order valence-corrected chi connectivity index (χ3v) is 4.79. The molecule has 1 aliphatic carbocycles. The van der Waals surface area contributed by atoms with Crippen molar-refractivity contribution in [2.45, 2.75) is 45.2 Å². The molecule has 1 amide bonds. The average Bonchev–Trinajstić information content (AvgIpc) is 2.79. The fourth-order valence-electron chi connectivity index (χ4n) is 3.13. The first-order chi connectivity index (χ1) is 9.78. The second kappa shape index (κ2) is 5.96. The Hall–Kier alpha value is -1.35. The Balaban J connectivity index is 1.67. The van der Waals surface area contributed by atoms with Gasteiger partial charge in [-0.25, -0.2) is 0 Å². The first-order valence-electron chi connectivity index (χ1n) is 7.89. The fraction of sp³-hybridized carbons (Fsp3) is 0.588. The Bertz CT molecular complexity index is 464. The summed E-state index contributed by atoms with van der Waals surface area (Å²) >= 11 is 0. The van der Waals surface area contributed by atoms with Gasteiger partial charge in [-0.15, -0.1) is 0 Å². The zero-order chi connectivity index (χ0) is 13.9. The van der Waals surface area contributed by atoms with Crippen LogP contribution in [0, 0.1) is 5.92 Å². The third-order valence-electron chi connectivity index (χ3n) is 4.79. The van der Waals surface area contributed by atoms with Crippen molar-refractivity contribution in [2.75, 3.05) is 13.1 Å². The molecule has 3 heteroatoms. The molecule has 3 rings (SSSR count). The summed E-state index contributed by atoms with van der Waals surface area (Å²) in [5, 5.41) is 3.35. The first kappa shape index (κ1) is 13.6. The van der Waals surface area contributed by atoms with Crippen molar-refractivity contribution in [3.63, 3.8) is 0 Å². The van der Waals surface area contributed by atoms with Crippen LogP contribution in [0.15, 0.2) is 24.3 Å². The van der Waals surface area contributed by atoms with Crippen LogP contribution < -0.4 is 5.32 Å². The maximum absolute atomic E-state index is 12.1. The van der Waals surface area contributed by atoms with Crippen LogP contribution in [0.1, 0.15) is 49.9 Å². The molecule has 1 saturated heterocycles. The van der Waals surface area contributed by atoms with E-state index in [0.717, 1.165) is 25.3 Å². The van der Waals surface area contributed by atoms with Gasteiger partial charge < -0.3 is 4.90 Å². The van der Waals surface area contributed by atoms with Crippen LogP contribution in [0.5, 0.6) is 0 Å². The van der Waals surface area contributed by atoms with E-state index in [0.29, 0.717) is 6.54 Å². The Labute approximate surface area is 121 Å². The summed E-state index contributed by atoms with van der Waals surface area (Å²) in [5.41, 5.74) is 2.56. The highest BCUT2D eigenvalue weighted by molar-refractivity contribution is 5.80. The van der Waals surface area contributed by atoms with E-state index in [4.69, 9.17) is 0 Å². The molecular formula is C17H24N2O. The molecular weight excluding hydrogens is 248 g/mol. The SMILES string of the molecule is CCc1ccc(C2NCC(=O)N2CCC2CCC2)cc1. The lowest BCUT2D eigenvalue weighted by molar-refractivity contribution is -0.128. The molecule has 0 spiro atoms. The Morgan fingerprint density at radius 2 is 2.00 bits per heavy atom. The van der Waals surface area contributed by atoms with Crippen molar-refractivity contribution in [1.82, 2.24) is 10.2 Å². The highest BCUT2D eigenvalue weighted by Crippen LogP contribution is 2.31. The van der Waals surface area contributed by atoms with E-state index in [9.17, 15) is 4.79 Å². The minimum atomic E-state index is 0.0773. The van der Waals surface area contributed by atoms with E-state index in [-0.39, 0.29) is 12.1 Å². The van der Waals surface area contributed by atoms with Gasteiger partial charge in [0.05, 0.1) is 6.54 Å². The molecule has 0 bridgehead atoms. The molecule has 1 heterocycles. The largest absolute Gasteiger partial charge is 0.322 e. The molecule has 1 N–H and O–H groups in total. The number of benzene rings is 1. The van der Waals surface area contributed by atoms with Crippen molar-refractivity contribution < 1.29 is 4.79 Å². The number of aryl methyl sites for hydroxylation is 1. The topological polar surface area (TPSA) is 32.3 Å². The van der Waals surface area contributed by atoms with Crippen LogP contribution in [-0.2, 0) is 11.2 Å². The van der Waals surface area contributed by atoms with E-state index >= 15 is 0 Å². The molecule has 108 valence electrons. The van der Waals surface area contributed by atoms with Crippen LogP contribution >= 0.6 is 0 Å². The zero-order valence-corrected chi connectivity index (χ0v) is 12.3. The highest BCUT2D eigenvalue weighted by Gasteiger charge is 2.32. The fourth-order valence-corrected chi connectivity index (χ4v) is 3.13. The van der Waals surface area contributed by atoms with Gasteiger partial charge in [0.25, 0.3) is 0 Å². The normalized spacial score (nSPS) is 23.1. The van der Waals surface area contributed by atoms with Crippen molar-refractivity contribution in [3.05, 3.63) is 35.4 Å². The number of hydrogen-bond donors (Lipinski definition) is 1. The first-order valence-corrected chi connectivity index (χ1v) is 7.89. The molecule has 1 aromatic rings. The molecule has 0 radical (unpaired) electrons. The quantitative estimate of drug-likeness (QED) is 0.894. The molecule has 1 atom stereocenters. The van der Waals surface area contributed by atoms with Gasteiger partial charge in [-0.1, -0.05) is 50.5 Å². The van der Waals surface area contributed by atoms with Crippen molar-refractivity contribution >= 4 is 5.91 Å². The van der Waals surface area contributed by atoms with Crippen molar-refractivity contribution in [2.24, 2.45) is 5.92 Å². The van der Waals surface area contributed by atoms with Crippen LogP contribution in [-0.4, -0.2) is 23.9 Å². The minimum absolute atomic E-state index is 0.0773. The lowest BCUT2D eigenvalue weighted by Gasteiger charge is -2.30. The van der Waals surface area contributed by atoms with Crippen molar-refractivity contribution in [3.8, 4) is 0 Å². The average molecular weight is 272 g/mol. The van der Waals surface area contributed by atoms with E-state index in [1.165, 1.54) is 30.4 Å². The Kier molecular flexibility index (Phi) is 4.06. The molecule has 2 aliphatic rings. The zero-order valence-electron chi connectivity index (χ0n) is 12.3. The summed E-state index contributed by atoms with van der Waals surface area (Å²) in [6, 6.07) is 8.66. The second-order valence-electron chi connectivity index (χ2n) is 6.05. The smallest absolute Gasteiger partial charge is 0.238 e. The number of rotatable bonds is 5. The van der Waals surface area contributed by atoms with Crippen LogP contribution in [0.4, 0.5) is 0 Å². The van der Waals surface area contributed by atoms with Gasteiger partial charge in [-0.2, -0.15) is 0 Å². The van der Waals surface area contributed by atoms with Gasteiger partial charge >= 0.3 is 0 Å². The molecule has 20 heavy (non-hydrogen) atoms.